The van der Waals surface area contributed by atoms with Gasteiger partial charge in [-0.05, 0) is 31.4 Å². The quantitative estimate of drug-likeness (QED) is 0.879. The lowest BCUT2D eigenvalue weighted by Crippen LogP contribution is -2.40. The summed E-state index contributed by atoms with van der Waals surface area (Å²) in [5, 5.41) is 11.5. The molecule has 0 heterocycles. The second-order valence-electron chi connectivity index (χ2n) is 4.10. The fraction of sp³-hybridized carbons (Fsp3) is 0.333. The number of anilines is 1. The molecule has 1 fully saturated rings. The van der Waals surface area contributed by atoms with Crippen molar-refractivity contribution < 1.29 is 9.18 Å². The molecule has 88 valence electrons. The minimum atomic E-state index is -1.01. The van der Waals surface area contributed by atoms with Crippen LogP contribution in [0, 0.1) is 22.6 Å². The number of carbonyl (C=O) groups is 1. The summed E-state index contributed by atoms with van der Waals surface area (Å²) in [5.41, 5.74) is -1.06. The Hall–Kier alpha value is -1.60. The van der Waals surface area contributed by atoms with Crippen molar-refractivity contribution in [3.8, 4) is 6.07 Å². The van der Waals surface area contributed by atoms with Gasteiger partial charge in [-0.3, -0.25) is 4.79 Å². The first-order chi connectivity index (χ1) is 8.09. The molecule has 1 aromatic rings. The average Bonchev–Trinajstić information content (AvgIpc) is 2.23. The van der Waals surface area contributed by atoms with Gasteiger partial charge in [0.25, 0.3) is 0 Å². The van der Waals surface area contributed by atoms with Gasteiger partial charge in [-0.15, -0.1) is 0 Å². The molecule has 0 spiro atoms. The van der Waals surface area contributed by atoms with Crippen molar-refractivity contribution in [1.29, 1.82) is 5.26 Å². The van der Waals surface area contributed by atoms with Crippen LogP contribution in [0.4, 0.5) is 10.1 Å². The van der Waals surface area contributed by atoms with Crippen LogP contribution >= 0.6 is 11.6 Å². The maximum atomic E-state index is 13.4. The Morgan fingerprint density at radius 3 is 2.71 bits per heavy atom. The van der Waals surface area contributed by atoms with E-state index in [1.54, 1.807) is 0 Å². The molecule has 3 nitrogen and oxygen atoms in total. The molecular weight excluding hydrogens is 243 g/mol. The fourth-order valence-electron chi connectivity index (χ4n) is 1.77. The first-order valence-corrected chi connectivity index (χ1v) is 5.63. The lowest BCUT2D eigenvalue weighted by atomic mass is 9.69. The molecule has 0 bridgehead atoms. The molecule has 1 aromatic carbocycles. The van der Waals surface area contributed by atoms with Gasteiger partial charge in [-0.1, -0.05) is 17.7 Å². The molecule has 0 aliphatic heterocycles. The number of para-hydroxylation sites is 1. The highest BCUT2D eigenvalue weighted by Crippen LogP contribution is 2.41. The van der Waals surface area contributed by atoms with Crippen LogP contribution < -0.4 is 5.32 Å². The number of nitriles is 1. The van der Waals surface area contributed by atoms with E-state index in [2.05, 4.69) is 5.32 Å². The number of nitrogens with one attached hydrogen (secondary N) is 1. The number of amides is 1. The van der Waals surface area contributed by atoms with Crippen LogP contribution in [0.25, 0.3) is 0 Å². The highest BCUT2D eigenvalue weighted by molar-refractivity contribution is 6.33. The number of nitrogens with zero attached hydrogens (tertiary/aromatic N) is 1. The summed E-state index contributed by atoms with van der Waals surface area (Å²) in [4.78, 5) is 11.9. The van der Waals surface area contributed by atoms with Crippen LogP contribution in [0.5, 0.6) is 0 Å². The second kappa shape index (κ2) is 4.34. The highest BCUT2D eigenvalue weighted by Gasteiger charge is 2.44. The van der Waals surface area contributed by atoms with Crippen molar-refractivity contribution in [3.05, 3.63) is 29.0 Å². The van der Waals surface area contributed by atoms with Gasteiger partial charge >= 0.3 is 0 Å². The molecule has 0 saturated heterocycles. The van der Waals surface area contributed by atoms with Gasteiger partial charge in [0.1, 0.15) is 11.2 Å². The third-order valence-corrected chi connectivity index (χ3v) is 3.37. The number of rotatable bonds is 2. The smallest absolute Gasteiger partial charge is 0.244 e. The van der Waals surface area contributed by atoms with E-state index in [1.807, 2.05) is 6.07 Å². The maximum Gasteiger partial charge on any atom is 0.244 e. The first kappa shape index (κ1) is 11.9. The van der Waals surface area contributed by atoms with Crippen LogP contribution in [0.1, 0.15) is 19.3 Å². The predicted octanol–water partition coefficient (Wildman–Crippen LogP) is 3.11. The summed E-state index contributed by atoms with van der Waals surface area (Å²) in [6, 6.07) is 6.15. The lowest BCUT2D eigenvalue weighted by Gasteiger charge is -2.33. The minimum absolute atomic E-state index is 0.0549. The van der Waals surface area contributed by atoms with Gasteiger partial charge in [-0.25, -0.2) is 4.39 Å². The number of halogens is 2. The van der Waals surface area contributed by atoms with Crippen LogP contribution in [0.2, 0.25) is 5.02 Å². The third-order valence-electron chi connectivity index (χ3n) is 3.06. The van der Waals surface area contributed by atoms with Crippen molar-refractivity contribution in [1.82, 2.24) is 0 Å². The van der Waals surface area contributed by atoms with Gasteiger partial charge < -0.3 is 5.32 Å². The second-order valence-corrected chi connectivity index (χ2v) is 4.51. The Bertz CT molecular complexity index is 485. The van der Waals surface area contributed by atoms with Gasteiger partial charge in [-0.2, -0.15) is 5.26 Å². The van der Waals surface area contributed by atoms with E-state index >= 15 is 0 Å². The zero-order chi connectivity index (χ0) is 12.5. The van der Waals surface area contributed by atoms with E-state index in [4.69, 9.17) is 16.9 Å². The number of hydrogen-bond donors (Lipinski definition) is 1. The molecule has 2 rings (SSSR count). The summed E-state index contributed by atoms with van der Waals surface area (Å²) in [7, 11) is 0. The molecule has 0 unspecified atom stereocenters. The van der Waals surface area contributed by atoms with Gasteiger partial charge in [0.15, 0.2) is 0 Å². The van der Waals surface area contributed by atoms with Gasteiger partial charge in [0.05, 0.1) is 16.8 Å². The third kappa shape index (κ3) is 1.98. The van der Waals surface area contributed by atoms with Gasteiger partial charge in [0, 0.05) is 0 Å². The van der Waals surface area contributed by atoms with E-state index in [9.17, 15) is 9.18 Å². The van der Waals surface area contributed by atoms with Crippen molar-refractivity contribution in [2.45, 2.75) is 19.3 Å². The molecule has 0 atom stereocenters. The molecular formula is C12H10ClFN2O. The first-order valence-electron chi connectivity index (χ1n) is 5.26. The van der Waals surface area contributed by atoms with E-state index in [-0.39, 0.29) is 10.7 Å². The topological polar surface area (TPSA) is 52.9 Å². The number of benzene rings is 1. The Morgan fingerprint density at radius 1 is 1.53 bits per heavy atom. The SMILES string of the molecule is N#CC1(C(=O)Nc2c(F)cccc2Cl)CCC1. The largest absolute Gasteiger partial charge is 0.321 e. The Labute approximate surface area is 103 Å². The van der Waals surface area contributed by atoms with Crippen molar-refractivity contribution >= 4 is 23.2 Å². The normalized spacial score (nSPS) is 16.8. The summed E-state index contributed by atoms with van der Waals surface area (Å²) in [6.07, 6.45) is 1.87. The molecule has 1 aliphatic rings. The van der Waals surface area contributed by atoms with Crippen LogP contribution in [0.15, 0.2) is 18.2 Å². The standard InChI is InChI=1S/C12H10ClFN2O/c13-8-3-1-4-9(14)10(8)16-11(17)12(7-15)5-2-6-12/h1,3-4H,2,5-6H2,(H,16,17). The summed E-state index contributed by atoms with van der Waals surface area (Å²) in [5.74, 6) is -1.07. The molecule has 1 aliphatic carbocycles. The van der Waals surface area contributed by atoms with E-state index in [1.165, 1.54) is 18.2 Å². The number of carbonyl (C=O) groups excluding carboxylic acids is 1. The highest BCUT2D eigenvalue weighted by atomic mass is 35.5. The summed E-state index contributed by atoms with van der Waals surface area (Å²) in [6.45, 7) is 0. The Balaban J connectivity index is 2.22. The van der Waals surface area contributed by atoms with Crippen molar-refractivity contribution in [2.24, 2.45) is 5.41 Å². The van der Waals surface area contributed by atoms with Crippen molar-refractivity contribution in [3.63, 3.8) is 0 Å². The summed E-state index contributed by atoms with van der Waals surface area (Å²) < 4.78 is 13.4. The van der Waals surface area contributed by atoms with Gasteiger partial charge in [0.2, 0.25) is 5.91 Å². The van der Waals surface area contributed by atoms with Crippen LogP contribution in [-0.2, 0) is 4.79 Å². The lowest BCUT2D eigenvalue weighted by molar-refractivity contribution is -0.126. The molecule has 1 amide bonds. The zero-order valence-corrected chi connectivity index (χ0v) is 9.72. The maximum absolute atomic E-state index is 13.4. The molecule has 0 aromatic heterocycles. The molecule has 1 N–H and O–H groups in total. The fourth-order valence-corrected chi connectivity index (χ4v) is 1.98. The Kier molecular flexibility index (Phi) is 3.03. The van der Waals surface area contributed by atoms with Crippen LogP contribution in [0.3, 0.4) is 0 Å². The number of hydrogen-bond acceptors (Lipinski definition) is 2. The monoisotopic (exact) mass is 252 g/mol. The predicted molar refractivity (Wildman–Crippen MR) is 61.9 cm³/mol. The Morgan fingerprint density at radius 2 is 2.24 bits per heavy atom. The molecule has 17 heavy (non-hydrogen) atoms. The minimum Gasteiger partial charge on any atom is -0.321 e. The molecule has 1 saturated carbocycles. The van der Waals surface area contributed by atoms with E-state index in [0.717, 1.165) is 6.42 Å². The molecule has 0 radical (unpaired) electrons. The summed E-state index contributed by atoms with van der Waals surface area (Å²) >= 11 is 5.79. The zero-order valence-electron chi connectivity index (χ0n) is 8.96. The van der Waals surface area contributed by atoms with Crippen LogP contribution in [-0.4, -0.2) is 5.91 Å². The molecule has 5 heteroatoms. The van der Waals surface area contributed by atoms with E-state index < -0.39 is 17.1 Å². The van der Waals surface area contributed by atoms with Crippen molar-refractivity contribution in [2.75, 3.05) is 5.32 Å². The average molecular weight is 253 g/mol. The van der Waals surface area contributed by atoms with E-state index in [0.29, 0.717) is 12.8 Å².